The lowest BCUT2D eigenvalue weighted by Gasteiger charge is -2.32. The second-order valence-corrected chi connectivity index (χ2v) is 7.10. The van der Waals surface area contributed by atoms with Gasteiger partial charge in [0.25, 0.3) is 0 Å². The van der Waals surface area contributed by atoms with E-state index in [1.165, 1.54) is 36.9 Å². The highest BCUT2D eigenvalue weighted by atomic mass is 16.5. The Morgan fingerprint density at radius 1 is 1.04 bits per heavy atom. The topological polar surface area (TPSA) is 21.7 Å². The summed E-state index contributed by atoms with van der Waals surface area (Å²) in [5.74, 6) is 0.920. The summed E-state index contributed by atoms with van der Waals surface area (Å²) in [6.07, 6.45) is 5.17. The van der Waals surface area contributed by atoms with E-state index in [-0.39, 0.29) is 0 Å². The van der Waals surface area contributed by atoms with Crippen LogP contribution in [0.2, 0.25) is 0 Å². The van der Waals surface area contributed by atoms with Crippen LogP contribution in [-0.2, 0) is 17.8 Å². The van der Waals surface area contributed by atoms with Crippen LogP contribution in [0.15, 0.2) is 54.6 Å². The molecule has 2 aromatic carbocycles. The van der Waals surface area contributed by atoms with E-state index in [1.54, 1.807) is 0 Å². The van der Waals surface area contributed by atoms with Crippen LogP contribution in [-0.4, -0.2) is 37.2 Å². The smallest absolute Gasteiger partial charge is 0.119 e. The number of benzene rings is 2. The van der Waals surface area contributed by atoms with E-state index >= 15 is 0 Å². The first-order chi connectivity index (χ1) is 12.8. The molecule has 0 saturated carbocycles. The van der Waals surface area contributed by atoms with Gasteiger partial charge in [0.2, 0.25) is 0 Å². The van der Waals surface area contributed by atoms with Crippen LogP contribution >= 0.6 is 0 Å². The van der Waals surface area contributed by atoms with Crippen LogP contribution in [0.25, 0.3) is 0 Å². The summed E-state index contributed by atoms with van der Waals surface area (Å²) < 4.78 is 11.6. The van der Waals surface area contributed by atoms with Crippen LogP contribution in [0.4, 0.5) is 0 Å². The normalized spacial score (nSPS) is 18.0. The number of rotatable bonds is 9. The Bertz CT molecular complexity index is 624. The molecule has 1 heterocycles. The summed E-state index contributed by atoms with van der Waals surface area (Å²) in [5.41, 5.74) is 2.63. The van der Waals surface area contributed by atoms with Crippen molar-refractivity contribution < 1.29 is 9.47 Å². The van der Waals surface area contributed by atoms with Gasteiger partial charge in [-0.05, 0) is 49.1 Å². The molecule has 1 aliphatic heterocycles. The number of ether oxygens (including phenoxy) is 2. The van der Waals surface area contributed by atoms with E-state index in [0.717, 1.165) is 31.9 Å². The Morgan fingerprint density at radius 2 is 1.81 bits per heavy atom. The maximum atomic E-state index is 5.83. The number of hydrogen-bond acceptors (Lipinski definition) is 3. The molecule has 0 radical (unpaired) electrons. The van der Waals surface area contributed by atoms with Gasteiger partial charge in [-0.15, -0.1) is 0 Å². The molecule has 3 heteroatoms. The lowest BCUT2D eigenvalue weighted by Crippen LogP contribution is -2.42. The van der Waals surface area contributed by atoms with Gasteiger partial charge in [0.15, 0.2) is 0 Å². The first kappa shape index (κ1) is 18.9. The minimum atomic E-state index is 0.442. The Morgan fingerprint density at radius 3 is 2.58 bits per heavy atom. The number of morpholine rings is 1. The molecule has 1 aliphatic rings. The van der Waals surface area contributed by atoms with Crippen molar-refractivity contribution in [3.8, 4) is 5.75 Å². The predicted octanol–water partition coefficient (Wildman–Crippen LogP) is 4.70. The Hall–Kier alpha value is -1.84. The molecule has 0 spiro atoms. The molecule has 26 heavy (non-hydrogen) atoms. The van der Waals surface area contributed by atoms with Crippen LogP contribution in [0, 0.1) is 0 Å². The van der Waals surface area contributed by atoms with Gasteiger partial charge in [0.1, 0.15) is 12.4 Å². The molecule has 0 N–H and O–H groups in total. The Kier molecular flexibility index (Phi) is 7.53. The summed E-state index contributed by atoms with van der Waals surface area (Å²) in [5, 5.41) is 0. The zero-order valence-corrected chi connectivity index (χ0v) is 15.9. The Labute approximate surface area is 157 Å². The maximum absolute atomic E-state index is 5.83. The van der Waals surface area contributed by atoms with Crippen molar-refractivity contribution in [2.45, 2.75) is 45.3 Å². The molecule has 0 aliphatic carbocycles. The van der Waals surface area contributed by atoms with E-state index < -0.39 is 0 Å². The largest absolute Gasteiger partial charge is 0.489 e. The van der Waals surface area contributed by atoms with E-state index in [4.69, 9.17) is 9.47 Å². The van der Waals surface area contributed by atoms with Crippen molar-refractivity contribution in [1.29, 1.82) is 0 Å². The van der Waals surface area contributed by atoms with Gasteiger partial charge in [-0.3, -0.25) is 4.90 Å². The van der Waals surface area contributed by atoms with Gasteiger partial charge in [-0.1, -0.05) is 55.8 Å². The highest BCUT2D eigenvalue weighted by Crippen LogP contribution is 2.14. The SMILES string of the molecule is CCC[C@H]1CN(CCCc2ccc(COc3ccccc3)cc2)CCO1. The molecule has 140 valence electrons. The van der Waals surface area contributed by atoms with Gasteiger partial charge in [0, 0.05) is 13.1 Å². The molecule has 1 saturated heterocycles. The summed E-state index contributed by atoms with van der Waals surface area (Å²) >= 11 is 0. The summed E-state index contributed by atoms with van der Waals surface area (Å²) in [6, 6.07) is 18.8. The molecule has 0 unspecified atom stereocenters. The quantitative estimate of drug-likeness (QED) is 0.652. The first-order valence-electron chi connectivity index (χ1n) is 9.93. The van der Waals surface area contributed by atoms with Gasteiger partial charge >= 0.3 is 0 Å². The third-order valence-corrected chi connectivity index (χ3v) is 4.95. The predicted molar refractivity (Wildman–Crippen MR) is 107 cm³/mol. The molecule has 3 nitrogen and oxygen atoms in total. The summed E-state index contributed by atoms with van der Waals surface area (Å²) in [6.45, 7) is 7.09. The molecule has 1 atom stereocenters. The average molecular weight is 354 g/mol. The van der Waals surface area contributed by atoms with E-state index in [1.807, 2.05) is 30.3 Å². The minimum Gasteiger partial charge on any atom is -0.489 e. The molecule has 2 aromatic rings. The number of nitrogens with zero attached hydrogens (tertiary/aromatic N) is 1. The summed E-state index contributed by atoms with van der Waals surface area (Å²) in [4.78, 5) is 2.56. The lowest BCUT2D eigenvalue weighted by atomic mass is 10.1. The van der Waals surface area contributed by atoms with Gasteiger partial charge in [0.05, 0.1) is 12.7 Å². The van der Waals surface area contributed by atoms with Crippen molar-refractivity contribution in [1.82, 2.24) is 4.90 Å². The first-order valence-corrected chi connectivity index (χ1v) is 9.93. The van der Waals surface area contributed by atoms with Crippen molar-refractivity contribution >= 4 is 0 Å². The lowest BCUT2D eigenvalue weighted by molar-refractivity contribution is -0.0323. The molecule has 0 aromatic heterocycles. The fraction of sp³-hybridized carbons (Fsp3) is 0.478. The van der Waals surface area contributed by atoms with Crippen molar-refractivity contribution in [3.63, 3.8) is 0 Å². The zero-order valence-electron chi connectivity index (χ0n) is 15.9. The molecular weight excluding hydrogens is 322 g/mol. The highest BCUT2D eigenvalue weighted by molar-refractivity contribution is 5.24. The van der Waals surface area contributed by atoms with Gasteiger partial charge in [-0.2, -0.15) is 0 Å². The molecule has 0 bridgehead atoms. The third-order valence-electron chi connectivity index (χ3n) is 4.95. The van der Waals surface area contributed by atoms with Crippen LogP contribution in [0.1, 0.15) is 37.3 Å². The van der Waals surface area contributed by atoms with Gasteiger partial charge < -0.3 is 9.47 Å². The number of para-hydroxylation sites is 1. The fourth-order valence-electron chi connectivity index (χ4n) is 3.47. The van der Waals surface area contributed by atoms with Crippen molar-refractivity contribution in [2.24, 2.45) is 0 Å². The number of hydrogen-bond donors (Lipinski definition) is 0. The second kappa shape index (κ2) is 10.3. The van der Waals surface area contributed by atoms with Crippen molar-refractivity contribution in [3.05, 3.63) is 65.7 Å². The second-order valence-electron chi connectivity index (χ2n) is 7.10. The fourth-order valence-corrected chi connectivity index (χ4v) is 3.47. The average Bonchev–Trinajstić information content (AvgIpc) is 2.69. The molecular formula is C23H31NO2. The van der Waals surface area contributed by atoms with Crippen LogP contribution in [0.3, 0.4) is 0 Å². The van der Waals surface area contributed by atoms with E-state index in [9.17, 15) is 0 Å². The van der Waals surface area contributed by atoms with Crippen LogP contribution in [0.5, 0.6) is 5.75 Å². The number of aryl methyl sites for hydroxylation is 1. The molecule has 1 fully saturated rings. The molecule has 0 amide bonds. The zero-order chi connectivity index (χ0) is 18.0. The van der Waals surface area contributed by atoms with Crippen molar-refractivity contribution in [2.75, 3.05) is 26.2 Å². The Balaban J connectivity index is 1.37. The van der Waals surface area contributed by atoms with E-state index in [2.05, 4.69) is 36.1 Å². The molecule has 3 rings (SSSR count). The third kappa shape index (κ3) is 6.15. The highest BCUT2D eigenvalue weighted by Gasteiger charge is 2.18. The van der Waals surface area contributed by atoms with E-state index in [0.29, 0.717) is 12.7 Å². The summed E-state index contributed by atoms with van der Waals surface area (Å²) in [7, 11) is 0. The standard InChI is InChI=1S/C23H31NO2/c1-2-7-23-18-24(16-17-25-23)15-6-8-20-11-13-21(14-12-20)19-26-22-9-4-3-5-10-22/h3-5,9-14,23H,2,6-8,15-19H2,1H3/t23-/m0/s1. The maximum Gasteiger partial charge on any atom is 0.119 e. The van der Waals surface area contributed by atoms with Crippen LogP contribution < -0.4 is 4.74 Å². The minimum absolute atomic E-state index is 0.442. The van der Waals surface area contributed by atoms with Gasteiger partial charge in [-0.25, -0.2) is 0 Å². The monoisotopic (exact) mass is 353 g/mol.